The second-order valence-corrected chi connectivity index (χ2v) is 7.84. The number of phenols is 1. The Balaban J connectivity index is 1.43. The second-order valence-electron chi connectivity index (χ2n) is 6.85. The van der Waals surface area contributed by atoms with E-state index in [-0.39, 0.29) is 10.7 Å². The van der Waals surface area contributed by atoms with Crippen LogP contribution in [0.3, 0.4) is 0 Å². The van der Waals surface area contributed by atoms with Gasteiger partial charge >= 0.3 is 0 Å². The lowest BCUT2D eigenvalue weighted by atomic mass is 10.2. The van der Waals surface area contributed by atoms with Crippen molar-refractivity contribution in [3.8, 4) is 17.2 Å². The zero-order valence-corrected chi connectivity index (χ0v) is 17.5. The van der Waals surface area contributed by atoms with Crippen LogP contribution in [0.15, 0.2) is 83.8 Å². The van der Waals surface area contributed by atoms with Crippen molar-refractivity contribution in [1.29, 1.82) is 0 Å². The number of thioether (sulfide) groups is 1. The van der Waals surface area contributed by atoms with Gasteiger partial charge in [-0.2, -0.15) is 0 Å². The predicted molar refractivity (Wildman–Crippen MR) is 122 cm³/mol. The minimum Gasteiger partial charge on any atom is -0.508 e. The number of nitrogens with one attached hydrogen (secondary N) is 1. The highest BCUT2D eigenvalue weighted by atomic mass is 32.2. The van der Waals surface area contributed by atoms with Gasteiger partial charge in [-0.15, -0.1) is 0 Å². The molecule has 3 amide bonds. The molecule has 0 spiro atoms. The van der Waals surface area contributed by atoms with Crippen molar-refractivity contribution in [3.05, 3.63) is 89.3 Å². The Morgan fingerprint density at radius 1 is 0.969 bits per heavy atom. The Hall–Kier alpha value is -4.04. The van der Waals surface area contributed by atoms with Crippen LogP contribution in [-0.2, 0) is 9.59 Å². The van der Waals surface area contributed by atoms with Gasteiger partial charge in [0, 0.05) is 5.69 Å². The van der Waals surface area contributed by atoms with Gasteiger partial charge in [0.25, 0.3) is 11.1 Å². The molecule has 0 aromatic heterocycles. The first-order chi connectivity index (χ1) is 15.5. The zero-order valence-electron chi connectivity index (χ0n) is 16.7. The molecule has 2 N–H and O–H groups in total. The van der Waals surface area contributed by atoms with Gasteiger partial charge in [0.2, 0.25) is 5.91 Å². The van der Waals surface area contributed by atoms with Gasteiger partial charge in [0.05, 0.1) is 4.91 Å². The number of phenolic OH excluding ortho intramolecular Hbond substituents is 1. The third-order valence-corrected chi connectivity index (χ3v) is 5.37. The Bertz CT molecular complexity index is 1190. The fourth-order valence-electron chi connectivity index (χ4n) is 2.97. The van der Waals surface area contributed by atoms with Crippen molar-refractivity contribution in [1.82, 2.24) is 4.90 Å². The lowest BCUT2D eigenvalue weighted by Gasteiger charge is -2.12. The van der Waals surface area contributed by atoms with E-state index in [1.165, 1.54) is 24.3 Å². The van der Waals surface area contributed by atoms with Crippen LogP contribution >= 0.6 is 11.8 Å². The van der Waals surface area contributed by atoms with Crippen molar-refractivity contribution < 1.29 is 24.2 Å². The molecule has 32 heavy (non-hydrogen) atoms. The van der Waals surface area contributed by atoms with Crippen molar-refractivity contribution in [2.75, 3.05) is 11.9 Å². The number of ether oxygens (including phenoxy) is 1. The molecule has 0 atom stereocenters. The summed E-state index contributed by atoms with van der Waals surface area (Å²) >= 11 is 0.781. The predicted octanol–water partition coefficient (Wildman–Crippen LogP) is 4.86. The summed E-state index contributed by atoms with van der Waals surface area (Å²) in [6.07, 6.45) is 1.60. The fraction of sp³-hybridized carbons (Fsp3) is 0.0417. The molecule has 0 radical (unpaired) electrons. The van der Waals surface area contributed by atoms with E-state index in [2.05, 4.69) is 5.32 Å². The molecule has 8 heteroatoms. The number of para-hydroxylation sites is 1. The average molecular weight is 446 g/mol. The number of hydrogen-bond acceptors (Lipinski definition) is 6. The van der Waals surface area contributed by atoms with Gasteiger partial charge in [-0.3, -0.25) is 19.3 Å². The summed E-state index contributed by atoms with van der Waals surface area (Å²) in [7, 11) is 0. The van der Waals surface area contributed by atoms with E-state index in [1.54, 1.807) is 30.3 Å². The summed E-state index contributed by atoms with van der Waals surface area (Å²) < 4.78 is 5.80. The van der Waals surface area contributed by atoms with E-state index in [9.17, 15) is 19.5 Å². The molecule has 0 aliphatic carbocycles. The standard InChI is InChI=1S/C24H18N2O5S/c27-18-11-9-17(10-12-18)25-22(28)15-26-23(29)21(32-24(26)30)14-16-5-4-8-20(13-16)31-19-6-2-1-3-7-19/h1-14,27H,15H2,(H,25,28)/b21-14-. The van der Waals surface area contributed by atoms with Crippen molar-refractivity contribution in [3.63, 3.8) is 0 Å². The van der Waals surface area contributed by atoms with E-state index in [1.807, 2.05) is 30.3 Å². The molecule has 1 heterocycles. The molecule has 160 valence electrons. The van der Waals surface area contributed by atoms with Crippen LogP contribution in [0.2, 0.25) is 0 Å². The molecular formula is C24H18N2O5S. The number of benzene rings is 3. The summed E-state index contributed by atoms with van der Waals surface area (Å²) in [4.78, 5) is 38.4. The lowest BCUT2D eigenvalue weighted by Crippen LogP contribution is -2.36. The van der Waals surface area contributed by atoms with Crippen LogP contribution in [0.25, 0.3) is 6.08 Å². The minimum atomic E-state index is -0.532. The van der Waals surface area contributed by atoms with Gasteiger partial charge in [0.15, 0.2) is 0 Å². The lowest BCUT2D eigenvalue weighted by molar-refractivity contribution is -0.127. The topological polar surface area (TPSA) is 95.9 Å². The number of aromatic hydroxyl groups is 1. The molecule has 0 unspecified atom stereocenters. The van der Waals surface area contributed by atoms with Crippen LogP contribution in [0, 0.1) is 0 Å². The first-order valence-corrected chi connectivity index (χ1v) is 10.5. The van der Waals surface area contributed by atoms with Crippen LogP contribution in [0.4, 0.5) is 10.5 Å². The van der Waals surface area contributed by atoms with Gasteiger partial charge < -0.3 is 15.2 Å². The number of anilines is 1. The number of amides is 3. The van der Waals surface area contributed by atoms with E-state index in [0.29, 0.717) is 22.7 Å². The smallest absolute Gasteiger partial charge is 0.294 e. The summed E-state index contributed by atoms with van der Waals surface area (Å²) in [5, 5.41) is 11.4. The van der Waals surface area contributed by atoms with E-state index in [0.717, 1.165) is 16.7 Å². The molecule has 3 aromatic carbocycles. The molecule has 3 aromatic rings. The summed E-state index contributed by atoms with van der Waals surface area (Å²) in [5.41, 5.74) is 1.14. The number of imide groups is 1. The molecule has 7 nitrogen and oxygen atoms in total. The molecule has 0 bridgehead atoms. The van der Waals surface area contributed by atoms with E-state index < -0.39 is 23.6 Å². The first kappa shape index (κ1) is 21.2. The quantitative estimate of drug-likeness (QED) is 0.415. The second kappa shape index (κ2) is 9.40. The third kappa shape index (κ3) is 5.16. The molecule has 4 rings (SSSR count). The highest BCUT2D eigenvalue weighted by Crippen LogP contribution is 2.33. The third-order valence-electron chi connectivity index (χ3n) is 4.46. The molecule has 1 fully saturated rings. The highest BCUT2D eigenvalue weighted by molar-refractivity contribution is 8.18. The number of rotatable bonds is 6. The molecule has 1 aliphatic heterocycles. The van der Waals surface area contributed by atoms with Crippen molar-refractivity contribution in [2.45, 2.75) is 0 Å². The fourth-order valence-corrected chi connectivity index (χ4v) is 3.81. The van der Waals surface area contributed by atoms with E-state index >= 15 is 0 Å². The van der Waals surface area contributed by atoms with Gasteiger partial charge in [-0.1, -0.05) is 30.3 Å². The summed E-state index contributed by atoms with van der Waals surface area (Å²) in [6.45, 7) is -0.403. The Morgan fingerprint density at radius 3 is 2.44 bits per heavy atom. The average Bonchev–Trinajstić information content (AvgIpc) is 3.03. The van der Waals surface area contributed by atoms with Crippen molar-refractivity contribution in [2.24, 2.45) is 0 Å². The summed E-state index contributed by atoms with van der Waals surface area (Å²) in [6, 6.07) is 22.3. The van der Waals surface area contributed by atoms with Gasteiger partial charge in [-0.25, -0.2) is 0 Å². The maximum atomic E-state index is 12.7. The van der Waals surface area contributed by atoms with Gasteiger partial charge in [-0.05, 0) is 71.9 Å². The number of carbonyl (C=O) groups is 3. The molecular weight excluding hydrogens is 428 g/mol. The van der Waals surface area contributed by atoms with Crippen LogP contribution in [-0.4, -0.2) is 33.6 Å². The molecule has 0 saturated carbocycles. The number of nitrogens with zero attached hydrogens (tertiary/aromatic N) is 1. The number of carbonyl (C=O) groups excluding carboxylic acids is 3. The molecule has 1 saturated heterocycles. The minimum absolute atomic E-state index is 0.0670. The normalized spacial score (nSPS) is 14.6. The number of hydrogen-bond donors (Lipinski definition) is 2. The SMILES string of the molecule is O=C(CN1C(=O)S/C(=C\c2cccc(Oc3ccccc3)c2)C1=O)Nc1ccc(O)cc1. The first-order valence-electron chi connectivity index (χ1n) is 9.65. The largest absolute Gasteiger partial charge is 0.508 e. The maximum absolute atomic E-state index is 12.7. The zero-order chi connectivity index (χ0) is 22.5. The van der Waals surface area contributed by atoms with Gasteiger partial charge in [0.1, 0.15) is 23.8 Å². The highest BCUT2D eigenvalue weighted by Gasteiger charge is 2.36. The Morgan fingerprint density at radius 2 is 1.69 bits per heavy atom. The van der Waals surface area contributed by atoms with Crippen LogP contribution in [0.1, 0.15) is 5.56 Å². The maximum Gasteiger partial charge on any atom is 0.294 e. The Labute approximate surface area is 188 Å². The van der Waals surface area contributed by atoms with Crippen LogP contribution < -0.4 is 10.1 Å². The Kier molecular flexibility index (Phi) is 6.23. The van der Waals surface area contributed by atoms with Crippen LogP contribution in [0.5, 0.6) is 17.2 Å². The van der Waals surface area contributed by atoms with E-state index in [4.69, 9.17) is 4.74 Å². The monoisotopic (exact) mass is 446 g/mol. The van der Waals surface area contributed by atoms with Crippen molar-refractivity contribution >= 4 is 40.6 Å². The molecule has 1 aliphatic rings. The summed E-state index contributed by atoms with van der Waals surface area (Å²) in [5.74, 6) is 0.298.